The minimum Gasteiger partial charge on any atom is -0.308 e. The summed E-state index contributed by atoms with van der Waals surface area (Å²) in [5, 5.41) is 0. The number of rotatable bonds is 10. The molecule has 1 aromatic carbocycles. The Morgan fingerprint density at radius 1 is 1.00 bits per heavy atom. The molecule has 114 valence electrons. The average Bonchev–Trinajstić information content (AvgIpc) is 2.42. The van der Waals surface area contributed by atoms with Crippen LogP contribution in [-0.4, -0.2) is 13.2 Å². The third kappa shape index (κ3) is 6.65. The first-order valence-corrected chi connectivity index (χ1v) is 8.95. The van der Waals surface area contributed by atoms with E-state index >= 15 is 0 Å². The molecule has 0 atom stereocenters. The second kappa shape index (κ2) is 9.28. The first kappa shape index (κ1) is 17.4. The molecule has 0 saturated carbocycles. The van der Waals surface area contributed by atoms with Crippen LogP contribution in [0.25, 0.3) is 0 Å². The van der Waals surface area contributed by atoms with Gasteiger partial charge in [0.25, 0.3) is 0 Å². The van der Waals surface area contributed by atoms with Crippen LogP contribution >= 0.6 is 7.60 Å². The highest BCUT2D eigenvalue weighted by molar-refractivity contribution is 7.53. The molecular weight excluding hydrogens is 278 g/mol. The lowest BCUT2D eigenvalue weighted by molar-refractivity contribution is 0.199. The summed E-state index contributed by atoms with van der Waals surface area (Å²) in [6.45, 7) is 4.96. The van der Waals surface area contributed by atoms with Crippen molar-refractivity contribution in [2.24, 2.45) is 0 Å². The summed E-state index contributed by atoms with van der Waals surface area (Å²) in [6, 6.07) is 5.96. The molecule has 0 spiro atoms. The van der Waals surface area contributed by atoms with Gasteiger partial charge in [-0.2, -0.15) is 0 Å². The summed E-state index contributed by atoms with van der Waals surface area (Å²) in [5.41, 5.74) is 0.766. The molecule has 0 radical (unpaired) electrons. The molecule has 0 amide bonds. The first-order valence-electron chi connectivity index (χ1n) is 7.22. The molecule has 0 aliphatic rings. The first-order chi connectivity index (χ1) is 9.59. The minimum absolute atomic E-state index is 0.195. The van der Waals surface area contributed by atoms with Crippen molar-refractivity contribution in [2.45, 2.75) is 45.7 Å². The Labute approximate surface area is 121 Å². The van der Waals surface area contributed by atoms with Gasteiger partial charge in [0.2, 0.25) is 0 Å². The predicted octanol–water partition coefficient (Wildman–Crippen LogP) is 5.15. The monoisotopic (exact) mass is 302 g/mol. The van der Waals surface area contributed by atoms with Crippen molar-refractivity contribution in [2.75, 3.05) is 13.2 Å². The van der Waals surface area contributed by atoms with Gasteiger partial charge in [-0.1, -0.05) is 38.8 Å². The number of benzene rings is 1. The number of hydrogen-bond acceptors (Lipinski definition) is 3. The standard InChI is InChI=1S/C15H24FO3P/c1-3-5-11-18-20(17,19-12-6-4-2)13-14-7-9-15(16)10-8-14/h7-10H,3-6,11-13H2,1-2H3. The Morgan fingerprint density at radius 2 is 1.50 bits per heavy atom. The molecule has 0 bridgehead atoms. The van der Waals surface area contributed by atoms with Crippen molar-refractivity contribution in [3.63, 3.8) is 0 Å². The SMILES string of the molecule is CCCCOP(=O)(Cc1ccc(F)cc1)OCCCC. The van der Waals surface area contributed by atoms with E-state index < -0.39 is 7.60 Å². The van der Waals surface area contributed by atoms with Gasteiger partial charge < -0.3 is 9.05 Å². The maximum absolute atomic E-state index is 12.9. The molecule has 0 saturated heterocycles. The van der Waals surface area contributed by atoms with E-state index in [9.17, 15) is 8.96 Å². The van der Waals surface area contributed by atoms with Gasteiger partial charge >= 0.3 is 7.60 Å². The van der Waals surface area contributed by atoms with Crippen LogP contribution in [0.15, 0.2) is 24.3 Å². The van der Waals surface area contributed by atoms with E-state index in [1.54, 1.807) is 12.1 Å². The lowest BCUT2D eigenvalue weighted by Gasteiger charge is -2.18. The van der Waals surface area contributed by atoms with E-state index in [-0.39, 0.29) is 12.0 Å². The van der Waals surface area contributed by atoms with Gasteiger partial charge in [-0.15, -0.1) is 0 Å². The summed E-state index contributed by atoms with van der Waals surface area (Å²) >= 11 is 0. The molecule has 1 rings (SSSR count). The molecule has 0 aliphatic heterocycles. The Bertz CT molecular complexity index is 406. The minimum atomic E-state index is -3.14. The highest BCUT2D eigenvalue weighted by Crippen LogP contribution is 2.51. The summed E-state index contributed by atoms with van der Waals surface area (Å²) in [5.74, 6) is -0.303. The molecule has 0 aliphatic carbocycles. The van der Waals surface area contributed by atoms with Crippen molar-refractivity contribution < 1.29 is 18.0 Å². The van der Waals surface area contributed by atoms with Crippen molar-refractivity contribution >= 4 is 7.60 Å². The lowest BCUT2D eigenvalue weighted by atomic mass is 10.2. The average molecular weight is 302 g/mol. The molecule has 0 heterocycles. The summed E-state index contributed by atoms with van der Waals surface area (Å²) in [7, 11) is -3.14. The van der Waals surface area contributed by atoms with E-state index in [1.807, 2.05) is 13.8 Å². The second-order valence-electron chi connectivity index (χ2n) is 4.77. The lowest BCUT2D eigenvalue weighted by Crippen LogP contribution is -2.02. The van der Waals surface area contributed by atoms with Crippen LogP contribution in [-0.2, 0) is 19.8 Å². The number of halogens is 1. The Balaban J connectivity index is 2.64. The largest absolute Gasteiger partial charge is 0.335 e. The number of unbranched alkanes of at least 4 members (excludes halogenated alkanes) is 2. The molecule has 0 unspecified atom stereocenters. The predicted molar refractivity (Wildman–Crippen MR) is 79.4 cm³/mol. The van der Waals surface area contributed by atoms with Crippen molar-refractivity contribution in [3.8, 4) is 0 Å². The summed E-state index contributed by atoms with van der Waals surface area (Å²) in [4.78, 5) is 0. The molecule has 5 heteroatoms. The van der Waals surface area contributed by atoms with Gasteiger partial charge in [-0.05, 0) is 30.5 Å². The molecule has 20 heavy (non-hydrogen) atoms. The third-order valence-corrected chi connectivity index (χ3v) is 4.77. The third-order valence-electron chi connectivity index (χ3n) is 2.86. The zero-order chi connectivity index (χ0) is 14.8. The Morgan fingerprint density at radius 3 is 1.95 bits per heavy atom. The van der Waals surface area contributed by atoms with E-state index in [4.69, 9.17) is 9.05 Å². The van der Waals surface area contributed by atoms with Gasteiger partial charge in [0.15, 0.2) is 0 Å². The van der Waals surface area contributed by atoms with Crippen LogP contribution in [0.5, 0.6) is 0 Å². The van der Waals surface area contributed by atoms with E-state index in [0.717, 1.165) is 31.2 Å². The summed E-state index contributed by atoms with van der Waals surface area (Å²) < 4.78 is 36.5. The van der Waals surface area contributed by atoms with Crippen molar-refractivity contribution in [3.05, 3.63) is 35.6 Å². The topological polar surface area (TPSA) is 35.5 Å². The fraction of sp³-hybridized carbons (Fsp3) is 0.600. The van der Waals surface area contributed by atoms with Crippen LogP contribution in [0.2, 0.25) is 0 Å². The van der Waals surface area contributed by atoms with E-state index in [1.165, 1.54) is 12.1 Å². The molecule has 0 aromatic heterocycles. The van der Waals surface area contributed by atoms with Crippen LogP contribution in [0.1, 0.15) is 45.1 Å². The molecule has 0 fully saturated rings. The molecule has 0 N–H and O–H groups in total. The second-order valence-corrected chi connectivity index (χ2v) is 6.82. The normalized spacial score (nSPS) is 11.8. The summed E-state index contributed by atoms with van der Waals surface area (Å²) in [6.07, 6.45) is 3.85. The van der Waals surface area contributed by atoms with Gasteiger partial charge in [-0.25, -0.2) is 4.39 Å². The quantitative estimate of drug-likeness (QED) is 0.443. The molecular formula is C15H24FO3P. The zero-order valence-electron chi connectivity index (χ0n) is 12.3. The maximum Gasteiger partial charge on any atom is 0.335 e. The maximum atomic E-state index is 12.9. The van der Waals surface area contributed by atoms with Gasteiger partial charge in [-0.3, -0.25) is 4.57 Å². The molecule has 3 nitrogen and oxygen atoms in total. The fourth-order valence-corrected chi connectivity index (χ4v) is 3.37. The molecule has 1 aromatic rings. The van der Waals surface area contributed by atoms with Crippen LogP contribution in [0, 0.1) is 5.82 Å². The van der Waals surface area contributed by atoms with Crippen molar-refractivity contribution in [1.29, 1.82) is 0 Å². The van der Waals surface area contributed by atoms with Crippen LogP contribution in [0.3, 0.4) is 0 Å². The Hall–Kier alpha value is -0.700. The zero-order valence-corrected chi connectivity index (χ0v) is 13.2. The highest BCUT2D eigenvalue weighted by atomic mass is 31.2. The number of hydrogen-bond donors (Lipinski definition) is 0. The fourth-order valence-electron chi connectivity index (χ4n) is 1.64. The van der Waals surface area contributed by atoms with Crippen LogP contribution < -0.4 is 0 Å². The van der Waals surface area contributed by atoms with Gasteiger partial charge in [0, 0.05) is 0 Å². The van der Waals surface area contributed by atoms with Gasteiger partial charge in [0.05, 0.1) is 19.4 Å². The van der Waals surface area contributed by atoms with Crippen molar-refractivity contribution in [1.82, 2.24) is 0 Å². The van der Waals surface area contributed by atoms with Gasteiger partial charge in [0.1, 0.15) is 5.82 Å². The van der Waals surface area contributed by atoms with Crippen LogP contribution in [0.4, 0.5) is 4.39 Å². The highest BCUT2D eigenvalue weighted by Gasteiger charge is 2.24. The smallest absolute Gasteiger partial charge is 0.308 e. The van der Waals surface area contributed by atoms with E-state index in [2.05, 4.69) is 0 Å². The Kier molecular flexibility index (Phi) is 8.05. The van der Waals surface area contributed by atoms with E-state index in [0.29, 0.717) is 13.2 Å².